The van der Waals surface area contributed by atoms with Crippen LogP contribution in [0.3, 0.4) is 0 Å². The lowest BCUT2D eigenvalue weighted by Crippen LogP contribution is -1.84. The van der Waals surface area contributed by atoms with Crippen LogP contribution in [-0.4, -0.2) is 19.3 Å². The lowest BCUT2D eigenvalue weighted by atomic mass is 10.4. The van der Waals surface area contributed by atoms with E-state index in [9.17, 15) is 0 Å². The van der Waals surface area contributed by atoms with Crippen LogP contribution in [0.4, 0.5) is 0 Å². The smallest absolute Gasteiger partial charge is 0.192 e. The van der Waals surface area contributed by atoms with Crippen molar-refractivity contribution in [1.29, 1.82) is 0 Å². The average molecular weight is 163 g/mol. The van der Waals surface area contributed by atoms with Gasteiger partial charge in [0.25, 0.3) is 0 Å². The summed E-state index contributed by atoms with van der Waals surface area (Å²) in [7, 11) is 0. The summed E-state index contributed by atoms with van der Waals surface area (Å²) in [4.78, 5) is 11.6. The van der Waals surface area contributed by atoms with Crippen LogP contribution in [0.5, 0.6) is 0 Å². The van der Waals surface area contributed by atoms with Crippen LogP contribution in [0.2, 0.25) is 0 Å². The molecule has 0 amide bonds. The number of aromatic nitrogens is 4. The highest BCUT2D eigenvalue weighted by atomic mass is 32.1. The van der Waals surface area contributed by atoms with Gasteiger partial charge in [0.05, 0.1) is 0 Å². The van der Waals surface area contributed by atoms with E-state index in [1.165, 1.54) is 17.9 Å². The fourth-order valence-corrected chi connectivity index (χ4v) is 1.06. The van der Waals surface area contributed by atoms with Gasteiger partial charge in [-0.1, -0.05) is 0 Å². The Balaban J connectivity index is 2.46. The molecule has 0 aromatic carbocycles. The molecule has 0 saturated carbocycles. The predicted molar refractivity (Wildman–Crippen MR) is 39.8 cm³/mol. The molecule has 0 fully saturated rings. The van der Waals surface area contributed by atoms with E-state index >= 15 is 0 Å². The van der Waals surface area contributed by atoms with Crippen molar-refractivity contribution >= 4 is 11.5 Å². The van der Waals surface area contributed by atoms with Crippen molar-refractivity contribution < 1.29 is 0 Å². The highest BCUT2D eigenvalue weighted by Gasteiger charge is 2.00. The van der Waals surface area contributed by atoms with Crippen molar-refractivity contribution in [3.05, 3.63) is 24.1 Å². The molecule has 0 aliphatic heterocycles. The number of rotatable bonds is 1. The van der Waals surface area contributed by atoms with Crippen LogP contribution >= 0.6 is 11.5 Å². The summed E-state index contributed by atoms with van der Waals surface area (Å²) < 4.78 is 3.97. The first kappa shape index (κ1) is 6.36. The normalized spacial score (nSPS) is 9.82. The molecule has 0 bridgehead atoms. The number of hydrogen-bond acceptors (Lipinski definition) is 5. The summed E-state index contributed by atoms with van der Waals surface area (Å²) in [5.74, 6) is 0.609. The summed E-state index contributed by atoms with van der Waals surface area (Å²) >= 11 is 1.19. The van der Waals surface area contributed by atoms with Crippen molar-refractivity contribution in [2.75, 3.05) is 0 Å². The van der Waals surface area contributed by atoms with Crippen LogP contribution in [0.1, 0.15) is 0 Å². The topological polar surface area (TPSA) is 51.6 Å². The van der Waals surface area contributed by atoms with E-state index in [-0.39, 0.29) is 0 Å². The first-order valence-electron chi connectivity index (χ1n) is 2.93. The molecule has 2 aromatic heterocycles. The molecule has 5 heteroatoms. The van der Waals surface area contributed by atoms with Gasteiger partial charge < -0.3 is 0 Å². The fraction of sp³-hybridized carbons (Fsp3) is 0. The van der Waals surface area contributed by atoms with Gasteiger partial charge in [-0.15, -0.1) is 0 Å². The maximum atomic E-state index is 3.97. The Hall–Kier alpha value is -1.36. The van der Waals surface area contributed by atoms with Crippen molar-refractivity contribution in [2.45, 2.75) is 0 Å². The standard InChI is InChI=1S/C6H3N4S/c1-2-7-3-8-5(1)6-9-4-11-10-6/h1-3H. The Morgan fingerprint density at radius 3 is 3.09 bits per heavy atom. The molecule has 0 atom stereocenters. The summed E-state index contributed by atoms with van der Waals surface area (Å²) in [6.45, 7) is 0. The maximum absolute atomic E-state index is 3.97. The second-order valence-electron chi connectivity index (χ2n) is 1.80. The monoisotopic (exact) mass is 163 g/mol. The highest BCUT2D eigenvalue weighted by Crippen LogP contribution is 2.09. The van der Waals surface area contributed by atoms with Crippen LogP contribution in [-0.2, 0) is 0 Å². The maximum Gasteiger partial charge on any atom is 0.192 e. The van der Waals surface area contributed by atoms with Gasteiger partial charge in [0.1, 0.15) is 12.0 Å². The molecule has 0 aliphatic carbocycles. The van der Waals surface area contributed by atoms with Crippen LogP contribution in [0.25, 0.3) is 11.5 Å². The van der Waals surface area contributed by atoms with Gasteiger partial charge in [-0.25, -0.2) is 15.0 Å². The predicted octanol–water partition coefficient (Wildman–Crippen LogP) is 0.795. The van der Waals surface area contributed by atoms with Crippen LogP contribution in [0.15, 0.2) is 18.6 Å². The second kappa shape index (κ2) is 2.71. The minimum Gasteiger partial charge on any atom is -0.245 e. The molecule has 1 radical (unpaired) electrons. The van der Waals surface area contributed by atoms with E-state index in [1.54, 1.807) is 12.3 Å². The van der Waals surface area contributed by atoms with E-state index in [0.29, 0.717) is 5.82 Å². The molecule has 4 nitrogen and oxygen atoms in total. The molecule has 0 spiro atoms. The summed E-state index contributed by atoms with van der Waals surface area (Å²) in [6, 6.07) is 1.76. The van der Waals surface area contributed by atoms with Crippen molar-refractivity contribution in [3.8, 4) is 11.5 Å². The zero-order chi connectivity index (χ0) is 7.52. The molecular weight excluding hydrogens is 160 g/mol. The van der Waals surface area contributed by atoms with Gasteiger partial charge in [-0.2, -0.15) is 4.37 Å². The van der Waals surface area contributed by atoms with E-state index in [1.807, 2.05) is 0 Å². The summed E-state index contributed by atoms with van der Waals surface area (Å²) in [6.07, 6.45) is 3.12. The van der Waals surface area contributed by atoms with Gasteiger partial charge >= 0.3 is 0 Å². The molecule has 0 aliphatic rings. The zero-order valence-corrected chi connectivity index (χ0v) is 6.25. The van der Waals surface area contributed by atoms with Crippen molar-refractivity contribution in [2.24, 2.45) is 0 Å². The van der Waals surface area contributed by atoms with E-state index < -0.39 is 0 Å². The van der Waals surface area contributed by atoms with Gasteiger partial charge in [0, 0.05) is 6.20 Å². The Morgan fingerprint density at radius 1 is 1.45 bits per heavy atom. The van der Waals surface area contributed by atoms with Crippen molar-refractivity contribution in [3.63, 3.8) is 0 Å². The number of nitrogens with zero attached hydrogens (tertiary/aromatic N) is 4. The molecule has 53 valence electrons. The third-order valence-electron chi connectivity index (χ3n) is 1.14. The average Bonchev–Trinajstić information content (AvgIpc) is 2.58. The second-order valence-corrected chi connectivity index (χ2v) is 2.35. The van der Waals surface area contributed by atoms with Gasteiger partial charge in [0.15, 0.2) is 11.3 Å². The first-order chi connectivity index (χ1) is 5.47. The minimum atomic E-state index is 0.609. The van der Waals surface area contributed by atoms with E-state index in [0.717, 1.165) is 5.69 Å². The van der Waals surface area contributed by atoms with E-state index in [2.05, 4.69) is 24.8 Å². The van der Waals surface area contributed by atoms with Crippen molar-refractivity contribution in [1.82, 2.24) is 19.3 Å². The van der Waals surface area contributed by atoms with Crippen LogP contribution < -0.4 is 0 Å². The first-order valence-corrected chi connectivity index (χ1v) is 3.70. The molecule has 2 heterocycles. The Bertz CT molecular complexity index is 318. The molecule has 0 unspecified atom stereocenters. The summed E-state index contributed by atoms with van der Waals surface area (Å²) in [5.41, 5.74) is 3.38. The summed E-state index contributed by atoms with van der Waals surface area (Å²) in [5, 5.41) is 0. The SMILES string of the molecule is [c]1nc(-c2ccncn2)ns1. The molecule has 11 heavy (non-hydrogen) atoms. The third-order valence-corrected chi connectivity index (χ3v) is 1.57. The molecule has 2 aromatic rings. The van der Waals surface area contributed by atoms with Gasteiger partial charge in [-0.05, 0) is 17.6 Å². The fourth-order valence-electron chi connectivity index (χ4n) is 0.675. The van der Waals surface area contributed by atoms with E-state index in [4.69, 9.17) is 0 Å². The Kier molecular flexibility index (Phi) is 1.57. The van der Waals surface area contributed by atoms with Gasteiger partial charge in [-0.3, -0.25) is 0 Å². The number of hydrogen-bond donors (Lipinski definition) is 0. The molecule has 0 saturated heterocycles. The zero-order valence-electron chi connectivity index (χ0n) is 5.43. The highest BCUT2D eigenvalue weighted by molar-refractivity contribution is 7.02. The minimum absolute atomic E-state index is 0.609. The Labute approximate surface area is 67.1 Å². The third kappa shape index (κ3) is 1.22. The van der Waals surface area contributed by atoms with Gasteiger partial charge in [0.2, 0.25) is 0 Å². The quantitative estimate of drug-likeness (QED) is 0.623. The lowest BCUT2D eigenvalue weighted by Gasteiger charge is -1.88. The van der Waals surface area contributed by atoms with Crippen LogP contribution in [0, 0.1) is 5.51 Å². The molecular formula is C6H3N4S. The Morgan fingerprint density at radius 2 is 2.45 bits per heavy atom. The lowest BCUT2D eigenvalue weighted by molar-refractivity contribution is 1.14. The molecule has 2 rings (SSSR count). The largest absolute Gasteiger partial charge is 0.245 e. The molecule has 0 N–H and O–H groups in total.